The Kier molecular flexibility index (Phi) is 2.59. The maximum atomic E-state index is 12.3. The van der Waals surface area contributed by atoms with Gasteiger partial charge in [-0.2, -0.15) is 11.8 Å². The van der Waals surface area contributed by atoms with Gasteiger partial charge >= 0.3 is 0 Å². The van der Waals surface area contributed by atoms with Crippen LogP contribution in [0.4, 0.5) is 0 Å². The molecule has 3 aliphatic rings. The van der Waals surface area contributed by atoms with Gasteiger partial charge in [0.25, 0.3) is 0 Å². The molecule has 0 N–H and O–H groups in total. The van der Waals surface area contributed by atoms with Crippen LogP contribution in [0.5, 0.6) is 0 Å². The average molecular weight is 242 g/mol. The van der Waals surface area contributed by atoms with Gasteiger partial charge in [0.05, 0.1) is 4.75 Å². The lowest BCUT2D eigenvalue weighted by atomic mass is 9.73. The van der Waals surface area contributed by atoms with E-state index in [1.807, 2.05) is 11.8 Å². The second kappa shape index (κ2) is 3.69. The Bertz CT molecular complexity index is 275. The van der Waals surface area contributed by atoms with Crippen molar-refractivity contribution >= 4 is 29.3 Å². The summed E-state index contributed by atoms with van der Waals surface area (Å²) in [6.45, 7) is 0. The highest BCUT2D eigenvalue weighted by molar-refractivity contribution is 8.05. The van der Waals surface area contributed by atoms with Crippen LogP contribution >= 0.6 is 23.5 Å². The number of Topliss-reactive ketones (excluding diaryl/α,β-unsaturated/α-hetero) is 1. The second-order valence-electron chi connectivity index (χ2n) is 5.00. The van der Waals surface area contributed by atoms with Crippen molar-refractivity contribution in [3.8, 4) is 0 Å². The maximum Gasteiger partial charge on any atom is 0.150 e. The average Bonchev–Trinajstić information content (AvgIpc) is 2.84. The fourth-order valence-electron chi connectivity index (χ4n) is 3.62. The van der Waals surface area contributed by atoms with Crippen LogP contribution < -0.4 is 0 Å². The minimum atomic E-state index is 0.0480. The molecule has 0 aromatic carbocycles. The molecule has 2 heterocycles. The summed E-state index contributed by atoms with van der Waals surface area (Å²) in [4.78, 5) is 12.3. The van der Waals surface area contributed by atoms with Gasteiger partial charge < -0.3 is 0 Å². The highest BCUT2D eigenvalue weighted by Gasteiger charge is 2.60. The fraction of sp³-hybridized carbons (Fsp3) is 0.917. The lowest BCUT2D eigenvalue weighted by Crippen LogP contribution is -2.54. The first kappa shape index (κ1) is 10.5. The van der Waals surface area contributed by atoms with Crippen molar-refractivity contribution in [2.45, 2.75) is 54.4 Å². The van der Waals surface area contributed by atoms with Gasteiger partial charge in [0.2, 0.25) is 0 Å². The van der Waals surface area contributed by atoms with Crippen LogP contribution in [0.2, 0.25) is 0 Å². The minimum Gasteiger partial charge on any atom is -0.298 e. The lowest BCUT2D eigenvalue weighted by molar-refractivity contribution is -0.123. The third-order valence-corrected chi connectivity index (χ3v) is 8.04. The van der Waals surface area contributed by atoms with Crippen LogP contribution in [0.15, 0.2) is 0 Å². The third kappa shape index (κ3) is 1.35. The van der Waals surface area contributed by atoms with E-state index in [1.165, 1.54) is 43.6 Å². The van der Waals surface area contributed by atoms with Gasteiger partial charge in [-0.25, -0.2) is 0 Å². The summed E-state index contributed by atoms with van der Waals surface area (Å²) in [5, 5.41) is 0. The first-order valence-corrected chi connectivity index (χ1v) is 8.08. The molecule has 0 aromatic heterocycles. The summed E-state index contributed by atoms with van der Waals surface area (Å²) in [7, 11) is 0. The maximum absolute atomic E-state index is 12.3. The lowest BCUT2D eigenvalue weighted by Gasteiger charge is -2.47. The smallest absolute Gasteiger partial charge is 0.150 e. The van der Waals surface area contributed by atoms with E-state index in [0.717, 1.165) is 12.8 Å². The monoisotopic (exact) mass is 242 g/mol. The van der Waals surface area contributed by atoms with Crippen molar-refractivity contribution in [3.05, 3.63) is 0 Å². The van der Waals surface area contributed by atoms with E-state index < -0.39 is 0 Å². The minimum absolute atomic E-state index is 0.0480. The summed E-state index contributed by atoms with van der Waals surface area (Å²) < 4.78 is 0.399. The van der Waals surface area contributed by atoms with Crippen molar-refractivity contribution < 1.29 is 4.79 Å². The van der Waals surface area contributed by atoms with E-state index in [4.69, 9.17) is 0 Å². The first-order chi connectivity index (χ1) is 7.29. The van der Waals surface area contributed by atoms with Gasteiger partial charge in [0.15, 0.2) is 0 Å². The summed E-state index contributed by atoms with van der Waals surface area (Å²) >= 11 is 4.12. The largest absolute Gasteiger partial charge is 0.298 e. The molecule has 3 fully saturated rings. The molecule has 2 saturated heterocycles. The Hall–Kier alpha value is 0.370. The molecule has 2 spiro atoms. The molecular formula is C12H18OS2. The molecule has 1 nitrogen and oxygen atoms in total. The highest BCUT2D eigenvalue weighted by atomic mass is 32.2. The summed E-state index contributed by atoms with van der Waals surface area (Å²) in [5.41, 5.74) is 0. The van der Waals surface area contributed by atoms with Crippen molar-refractivity contribution in [1.29, 1.82) is 0 Å². The summed E-state index contributed by atoms with van der Waals surface area (Å²) in [6, 6.07) is 0. The molecule has 2 atom stereocenters. The quantitative estimate of drug-likeness (QED) is 0.649. The second-order valence-corrected chi connectivity index (χ2v) is 7.87. The predicted molar refractivity (Wildman–Crippen MR) is 67.7 cm³/mol. The number of carbonyl (C=O) groups excluding carboxylic acids is 1. The van der Waals surface area contributed by atoms with Gasteiger partial charge in [0, 0.05) is 11.2 Å². The molecule has 0 bridgehead atoms. The van der Waals surface area contributed by atoms with Gasteiger partial charge in [0.1, 0.15) is 5.78 Å². The number of hydrogen-bond donors (Lipinski definition) is 0. The van der Waals surface area contributed by atoms with Crippen LogP contribution in [0.3, 0.4) is 0 Å². The van der Waals surface area contributed by atoms with E-state index in [-0.39, 0.29) is 4.75 Å². The number of hydrogen-bond acceptors (Lipinski definition) is 3. The Balaban J connectivity index is 2.00. The molecule has 0 amide bonds. The molecule has 3 heteroatoms. The number of carbonyl (C=O) groups is 1. The number of ketones is 1. The van der Waals surface area contributed by atoms with Crippen molar-refractivity contribution in [1.82, 2.24) is 0 Å². The molecule has 1 aliphatic carbocycles. The standard InChI is InChI=1S/C12H18OS2/c13-10-4-1-5-11(6-2-8-14-11)12(10)7-3-9-15-12/h1-9H2/t11-,12-/m0/s1. The molecule has 2 aliphatic heterocycles. The van der Waals surface area contributed by atoms with Gasteiger partial charge in [-0.1, -0.05) is 0 Å². The van der Waals surface area contributed by atoms with Crippen LogP contribution in [0.25, 0.3) is 0 Å². The molecule has 84 valence electrons. The van der Waals surface area contributed by atoms with Gasteiger partial charge in [-0.05, 0) is 50.0 Å². The Morgan fingerprint density at radius 3 is 2.33 bits per heavy atom. The van der Waals surface area contributed by atoms with Crippen molar-refractivity contribution in [2.75, 3.05) is 11.5 Å². The van der Waals surface area contributed by atoms with Crippen LogP contribution in [-0.4, -0.2) is 26.8 Å². The van der Waals surface area contributed by atoms with E-state index in [0.29, 0.717) is 10.5 Å². The zero-order valence-corrected chi connectivity index (χ0v) is 10.7. The topological polar surface area (TPSA) is 17.1 Å². The summed E-state index contributed by atoms with van der Waals surface area (Å²) in [6.07, 6.45) is 8.37. The Labute approximate surface area is 100 Å². The van der Waals surface area contributed by atoms with Crippen molar-refractivity contribution in [3.63, 3.8) is 0 Å². The van der Waals surface area contributed by atoms with Gasteiger partial charge in [-0.15, -0.1) is 11.8 Å². The molecule has 0 unspecified atom stereocenters. The Morgan fingerprint density at radius 2 is 1.67 bits per heavy atom. The van der Waals surface area contributed by atoms with E-state index in [9.17, 15) is 4.79 Å². The zero-order chi connectivity index (χ0) is 10.4. The molecule has 1 saturated carbocycles. The molecule has 15 heavy (non-hydrogen) atoms. The predicted octanol–water partition coefficient (Wildman–Crippen LogP) is 3.27. The molecule has 0 aromatic rings. The molecule has 3 rings (SSSR count). The van der Waals surface area contributed by atoms with E-state index >= 15 is 0 Å². The summed E-state index contributed by atoms with van der Waals surface area (Å²) in [5.74, 6) is 3.09. The fourth-order valence-corrected chi connectivity index (χ4v) is 7.34. The third-order valence-electron chi connectivity index (χ3n) is 4.30. The van der Waals surface area contributed by atoms with Gasteiger partial charge in [-0.3, -0.25) is 4.79 Å². The first-order valence-electron chi connectivity index (χ1n) is 6.10. The normalized spacial score (nSPS) is 45.7. The zero-order valence-electron chi connectivity index (χ0n) is 9.09. The van der Waals surface area contributed by atoms with E-state index in [2.05, 4.69) is 11.8 Å². The number of fused-ring (bicyclic) bond motifs is 1. The SMILES string of the molecule is O=C1CCC[C@]2(CCCS2)[C@]12CCCS2. The molecule has 0 radical (unpaired) electrons. The highest BCUT2D eigenvalue weighted by Crippen LogP contribution is 2.61. The number of rotatable bonds is 0. The number of thioether (sulfide) groups is 2. The van der Waals surface area contributed by atoms with Crippen LogP contribution in [-0.2, 0) is 4.79 Å². The van der Waals surface area contributed by atoms with Crippen LogP contribution in [0, 0.1) is 0 Å². The van der Waals surface area contributed by atoms with E-state index in [1.54, 1.807) is 0 Å². The Morgan fingerprint density at radius 1 is 0.933 bits per heavy atom. The van der Waals surface area contributed by atoms with Crippen molar-refractivity contribution in [2.24, 2.45) is 0 Å². The molecular weight excluding hydrogens is 224 g/mol. The van der Waals surface area contributed by atoms with Crippen LogP contribution in [0.1, 0.15) is 44.9 Å².